The maximum absolute atomic E-state index is 12.6. The highest BCUT2D eigenvalue weighted by Crippen LogP contribution is 2.30. The maximum atomic E-state index is 12.6. The van der Waals surface area contributed by atoms with Crippen molar-refractivity contribution in [1.82, 2.24) is 4.98 Å². The van der Waals surface area contributed by atoms with Gasteiger partial charge in [-0.05, 0) is 55.5 Å². The van der Waals surface area contributed by atoms with Gasteiger partial charge in [-0.25, -0.2) is 4.98 Å². The monoisotopic (exact) mass is 377 g/mol. The molecule has 1 aliphatic carbocycles. The van der Waals surface area contributed by atoms with E-state index in [1.54, 1.807) is 0 Å². The quantitative estimate of drug-likeness (QED) is 0.805. The van der Waals surface area contributed by atoms with E-state index >= 15 is 0 Å². The Labute approximate surface area is 162 Å². The van der Waals surface area contributed by atoms with E-state index in [4.69, 9.17) is 10.2 Å². The van der Waals surface area contributed by atoms with Crippen molar-refractivity contribution >= 4 is 27.5 Å². The topological polar surface area (TPSA) is 57.0 Å². The van der Waals surface area contributed by atoms with Crippen LogP contribution in [0.15, 0.2) is 46.9 Å². The molecule has 1 fully saturated rings. The number of allylic oxidation sites excluding steroid dienone is 2. The van der Waals surface area contributed by atoms with Crippen LogP contribution >= 0.6 is 0 Å². The zero-order valence-corrected chi connectivity index (χ0v) is 16.4. The Morgan fingerprint density at radius 3 is 2.96 bits per heavy atom. The third-order valence-electron chi connectivity index (χ3n) is 5.22. The molecule has 0 amide bonds. The van der Waals surface area contributed by atoms with Crippen LogP contribution in [0.1, 0.15) is 30.4 Å². The Hall–Kier alpha value is -2.45. The Balaban J connectivity index is 1.75. The summed E-state index contributed by atoms with van der Waals surface area (Å²) in [4.78, 5) is 8.17. The first-order valence-electron chi connectivity index (χ1n) is 9.46. The van der Waals surface area contributed by atoms with E-state index in [9.17, 15) is 4.21 Å². The molecule has 4 nitrogen and oxygen atoms in total. The van der Waals surface area contributed by atoms with E-state index < -0.39 is 10.8 Å². The van der Waals surface area contributed by atoms with E-state index in [-0.39, 0.29) is 0 Å². The molecule has 4 rings (SSSR count). The lowest BCUT2D eigenvalue weighted by Gasteiger charge is -2.24. The number of rotatable bonds is 3. The molecule has 1 atom stereocenters. The highest BCUT2D eigenvalue weighted by Gasteiger charge is 2.24. The van der Waals surface area contributed by atoms with Crippen molar-refractivity contribution in [2.75, 3.05) is 23.7 Å². The normalized spacial score (nSPS) is 19.7. The molecule has 2 heterocycles. The van der Waals surface area contributed by atoms with Crippen molar-refractivity contribution in [1.29, 1.82) is 5.26 Å². The van der Waals surface area contributed by atoms with Gasteiger partial charge in [-0.15, -0.1) is 0 Å². The predicted molar refractivity (Wildman–Crippen MR) is 111 cm³/mol. The van der Waals surface area contributed by atoms with Gasteiger partial charge in [0.15, 0.2) is 0 Å². The Kier molecular flexibility index (Phi) is 5.09. The fourth-order valence-electron chi connectivity index (χ4n) is 3.82. The van der Waals surface area contributed by atoms with Crippen molar-refractivity contribution in [2.45, 2.75) is 32.6 Å². The highest BCUT2D eigenvalue weighted by atomic mass is 32.2. The molecule has 2 aromatic rings. The molecule has 0 bridgehead atoms. The minimum absolute atomic E-state index is 0.495. The van der Waals surface area contributed by atoms with E-state index in [2.05, 4.69) is 54.3 Å². The van der Waals surface area contributed by atoms with Crippen LogP contribution in [0.25, 0.3) is 10.9 Å². The highest BCUT2D eigenvalue weighted by molar-refractivity contribution is 7.89. The third kappa shape index (κ3) is 3.68. The average molecular weight is 378 g/mol. The fourth-order valence-corrected chi connectivity index (χ4v) is 5.17. The molecule has 1 aromatic heterocycles. The predicted octanol–water partition coefficient (Wildman–Crippen LogP) is 4.17. The number of hydrogen-bond donors (Lipinski definition) is 0. The molecule has 5 heteroatoms. The second kappa shape index (κ2) is 7.66. The van der Waals surface area contributed by atoms with Gasteiger partial charge < -0.3 is 4.90 Å². The number of nitrogens with zero attached hydrogens (tertiary/aromatic N) is 3. The van der Waals surface area contributed by atoms with Gasteiger partial charge >= 0.3 is 0 Å². The number of anilines is 1. The Morgan fingerprint density at radius 1 is 1.26 bits per heavy atom. The van der Waals surface area contributed by atoms with Crippen LogP contribution in [0.5, 0.6) is 0 Å². The summed E-state index contributed by atoms with van der Waals surface area (Å²) in [6, 6.07) is 10.7. The van der Waals surface area contributed by atoms with Crippen LogP contribution in [0, 0.1) is 18.3 Å². The lowest BCUT2D eigenvalue weighted by molar-refractivity contribution is 0.686. The number of hydrogen-bond acceptors (Lipinski definition) is 4. The summed E-state index contributed by atoms with van der Waals surface area (Å²) in [5.41, 5.74) is 4.51. The van der Waals surface area contributed by atoms with E-state index in [1.165, 1.54) is 16.7 Å². The SMILES string of the molecule is Cc1ccc2nc(N3CCS(=O)C4=CCCC=C4C3)cc(CCC#N)c2c1. The summed E-state index contributed by atoms with van der Waals surface area (Å²) in [5.74, 6) is 1.55. The summed E-state index contributed by atoms with van der Waals surface area (Å²) in [7, 11) is -0.929. The van der Waals surface area contributed by atoms with Crippen LogP contribution < -0.4 is 4.90 Å². The van der Waals surface area contributed by atoms with E-state index in [1.807, 2.05) is 0 Å². The Morgan fingerprint density at radius 2 is 2.11 bits per heavy atom. The van der Waals surface area contributed by atoms with Crippen molar-refractivity contribution in [2.24, 2.45) is 0 Å². The summed E-state index contributed by atoms with van der Waals surface area (Å²) in [5, 5.41) is 10.2. The number of aryl methyl sites for hydroxylation is 2. The lowest BCUT2D eigenvalue weighted by atomic mass is 10.0. The van der Waals surface area contributed by atoms with Crippen molar-refractivity contribution in [3.8, 4) is 6.07 Å². The largest absolute Gasteiger partial charge is 0.351 e. The first kappa shape index (κ1) is 17.9. The fraction of sp³-hybridized carbons (Fsp3) is 0.364. The van der Waals surface area contributed by atoms with Crippen molar-refractivity contribution < 1.29 is 4.21 Å². The summed E-state index contributed by atoms with van der Waals surface area (Å²) in [6.45, 7) is 3.55. The minimum Gasteiger partial charge on any atom is -0.351 e. The number of pyridine rings is 1. The molecule has 1 aliphatic heterocycles. The number of aromatic nitrogens is 1. The lowest BCUT2D eigenvalue weighted by Crippen LogP contribution is -2.28. The van der Waals surface area contributed by atoms with E-state index in [0.717, 1.165) is 54.0 Å². The molecular formula is C22H23N3OS. The first-order valence-corrected chi connectivity index (χ1v) is 10.8. The Bertz CT molecular complexity index is 1020. The summed E-state index contributed by atoms with van der Waals surface area (Å²) in [6.07, 6.45) is 7.59. The van der Waals surface area contributed by atoms with Gasteiger partial charge in [0, 0.05) is 35.6 Å². The first-order chi connectivity index (χ1) is 13.2. The van der Waals surface area contributed by atoms with Crippen molar-refractivity contribution in [3.63, 3.8) is 0 Å². The minimum atomic E-state index is -0.929. The molecule has 0 N–H and O–H groups in total. The van der Waals surface area contributed by atoms with Gasteiger partial charge in [0.05, 0.1) is 22.4 Å². The van der Waals surface area contributed by atoms with Gasteiger partial charge in [-0.2, -0.15) is 5.26 Å². The molecule has 138 valence electrons. The van der Waals surface area contributed by atoms with Crippen LogP contribution in [0.3, 0.4) is 0 Å². The molecule has 0 spiro atoms. The van der Waals surface area contributed by atoms with Gasteiger partial charge in [0.25, 0.3) is 0 Å². The zero-order valence-electron chi connectivity index (χ0n) is 15.6. The molecule has 1 saturated heterocycles. The van der Waals surface area contributed by atoms with Crippen LogP contribution in [0.4, 0.5) is 5.82 Å². The van der Waals surface area contributed by atoms with Gasteiger partial charge in [-0.1, -0.05) is 23.8 Å². The van der Waals surface area contributed by atoms with E-state index in [0.29, 0.717) is 12.2 Å². The average Bonchev–Trinajstić information content (AvgIpc) is 2.85. The van der Waals surface area contributed by atoms with Gasteiger partial charge in [0.1, 0.15) is 5.82 Å². The third-order valence-corrected chi connectivity index (χ3v) is 6.70. The zero-order chi connectivity index (χ0) is 18.8. The number of nitriles is 1. The molecule has 0 radical (unpaired) electrons. The van der Waals surface area contributed by atoms with Crippen LogP contribution in [0.2, 0.25) is 0 Å². The summed E-state index contributed by atoms with van der Waals surface area (Å²) >= 11 is 0. The van der Waals surface area contributed by atoms with Gasteiger partial charge in [-0.3, -0.25) is 4.21 Å². The standard InChI is InChI=1S/C22H23N3OS/c1-16-8-9-20-19(13-16)17(6-4-10-23)14-22(24-20)25-11-12-27(26)21-7-3-2-5-18(21)15-25/h5,7-9,13-14H,2-4,6,11-12,15H2,1H3. The smallest absolute Gasteiger partial charge is 0.129 e. The summed E-state index contributed by atoms with van der Waals surface area (Å²) < 4.78 is 12.6. The van der Waals surface area contributed by atoms with Gasteiger partial charge in [0.2, 0.25) is 0 Å². The molecule has 0 saturated carbocycles. The second-order valence-corrected chi connectivity index (χ2v) is 8.70. The molecular weight excluding hydrogens is 354 g/mol. The van der Waals surface area contributed by atoms with Crippen LogP contribution in [-0.2, 0) is 17.2 Å². The van der Waals surface area contributed by atoms with Crippen molar-refractivity contribution in [3.05, 3.63) is 58.0 Å². The maximum Gasteiger partial charge on any atom is 0.129 e. The molecule has 27 heavy (non-hydrogen) atoms. The second-order valence-electron chi connectivity index (χ2n) is 7.16. The molecule has 2 aliphatic rings. The number of fused-ring (bicyclic) bond motifs is 2. The molecule has 1 unspecified atom stereocenters. The molecule has 1 aromatic carbocycles. The van der Waals surface area contributed by atoms with Crippen LogP contribution in [-0.4, -0.2) is 28.0 Å². The number of benzene rings is 1.